The molecule has 0 atom stereocenters. The lowest BCUT2D eigenvalue weighted by atomic mass is 10.7. The second-order valence-corrected chi connectivity index (χ2v) is 1.44. The van der Waals surface area contributed by atoms with Crippen LogP contribution < -0.4 is 0 Å². The van der Waals surface area contributed by atoms with Crippen molar-refractivity contribution in [3.8, 4) is 0 Å². The quantitative estimate of drug-likeness (QED) is 0.188. The highest BCUT2D eigenvalue weighted by Crippen LogP contribution is 1.82. The van der Waals surface area contributed by atoms with Gasteiger partial charge in [-0.1, -0.05) is 13.2 Å². The third-order valence-corrected chi connectivity index (χ3v) is 0.720. The fourth-order valence-corrected chi connectivity index (χ4v) is 0.289. The van der Waals surface area contributed by atoms with Gasteiger partial charge in [-0.25, -0.2) is 4.79 Å². The molecule has 0 saturated carbocycles. The second kappa shape index (κ2) is 6.82. The molecule has 0 aliphatic rings. The minimum atomic E-state index is -0.524. The smallest absolute Gasteiger partial charge is 0.332 e. The maximum absolute atomic E-state index is 10.4. The lowest BCUT2D eigenvalue weighted by Gasteiger charge is -2.02. The van der Waals surface area contributed by atoms with Crippen LogP contribution in [-0.2, 0) is 19.0 Å². The van der Waals surface area contributed by atoms with E-state index in [9.17, 15) is 4.79 Å². The summed E-state index contributed by atoms with van der Waals surface area (Å²) >= 11 is 0. The van der Waals surface area contributed by atoms with E-state index in [4.69, 9.17) is 0 Å². The van der Waals surface area contributed by atoms with Crippen molar-refractivity contribution < 1.29 is 19.0 Å². The summed E-state index contributed by atoms with van der Waals surface area (Å²) in [6, 6.07) is 0. The SMILES string of the molecule is C=COCOCOC(=O)C=C. The molecule has 4 heteroatoms. The maximum atomic E-state index is 10.4. The molecule has 0 amide bonds. The average Bonchev–Trinajstić information content (AvgIpc) is 2.04. The zero-order valence-electron chi connectivity index (χ0n) is 6.12. The van der Waals surface area contributed by atoms with Crippen molar-refractivity contribution in [1.29, 1.82) is 0 Å². The molecule has 11 heavy (non-hydrogen) atoms. The first kappa shape index (κ1) is 9.71. The summed E-state index contributed by atoms with van der Waals surface area (Å²) in [5.74, 6) is -0.524. The van der Waals surface area contributed by atoms with Crippen LogP contribution in [0.3, 0.4) is 0 Å². The van der Waals surface area contributed by atoms with E-state index < -0.39 is 5.97 Å². The van der Waals surface area contributed by atoms with Gasteiger partial charge < -0.3 is 14.2 Å². The highest BCUT2D eigenvalue weighted by Gasteiger charge is 1.92. The first-order valence-electron chi connectivity index (χ1n) is 2.90. The minimum Gasteiger partial charge on any atom is -0.476 e. The summed E-state index contributed by atoms with van der Waals surface area (Å²) in [7, 11) is 0. The van der Waals surface area contributed by atoms with Crippen LogP contribution in [0.4, 0.5) is 0 Å². The molecule has 0 heterocycles. The number of hydrogen-bond acceptors (Lipinski definition) is 4. The molecular weight excluding hydrogens is 148 g/mol. The predicted molar refractivity (Wildman–Crippen MR) is 38.4 cm³/mol. The van der Waals surface area contributed by atoms with E-state index in [-0.39, 0.29) is 13.6 Å². The number of carbonyl (C=O) groups excluding carboxylic acids is 1. The largest absolute Gasteiger partial charge is 0.476 e. The van der Waals surface area contributed by atoms with Gasteiger partial charge in [0.25, 0.3) is 0 Å². The van der Waals surface area contributed by atoms with Gasteiger partial charge in [0, 0.05) is 6.08 Å². The summed E-state index contributed by atoms with van der Waals surface area (Å²) in [4.78, 5) is 10.4. The van der Waals surface area contributed by atoms with Crippen LogP contribution >= 0.6 is 0 Å². The van der Waals surface area contributed by atoms with Gasteiger partial charge >= 0.3 is 5.97 Å². The Hall–Kier alpha value is -1.29. The lowest BCUT2D eigenvalue weighted by Crippen LogP contribution is -2.06. The van der Waals surface area contributed by atoms with Crippen LogP contribution in [0, 0.1) is 0 Å². The van der Waals surface area contributed by atoms with Crippen molar-refractivity contribution in [2.75, 3.05) is 13.6 Å². The molecule has 0 aliphatic heterocycles. The first-order valence-corrected chi connectivity index (χ1v) is 2.90. The Morgan fingerprint density at radius 1 is 1.36 bits per heavy atom. The van der Waals surface area contributed by atoms with Gasteiger partial charge in [-0.2, -0.15) is 0 Å². The van der Waals surface area contributed by atoms with Crippen molar-refractivity contribution in [2.24, 2.45) is 0 Å². The van der Waals surface area contributed by atoms with E-state index >= 15 is 0 Å². The summed E-state index contributed by atoms with van der Waals surface area (Å²) in [6.07, 6.45) is 2.28. The zero-order chi connectivity index (χ0) is 8.53. The molecular formula is C7H10O4. The Balaban J connectivity index is 3.07. The van der Waals surface area contributed by atoms with Gasteiger partial charge in [-0.15, -0.1) is 0 Å². The van der Waals surface area contributed by atoms with E-state index in [0.717, 1.165) is 6.08 Å². The number of rotatable bonds is 6. The summed E-state index contributed by atoms with van der Waals surface area (Å²) in [5.41, 5.74) is 0. The molecule has 0 aromatic heterocycles. The Labute approximate surface area is 65.1 Å². The molecule has 0 fully saturated rings. The fourth-order valence-electron chi connectivity index (χ4n) is 0.289. The Morgan fingerprint density at radius 3 is 2.64 bits per heavy atom. The van der Waals surface area contributed by atoms with Gasteiger partial charge in [-0.05, 0) is 0 Å². The normalized spacial score (nSPS) is 8.36. The molecule has 0 aromatic rings. The van der Waals surface area contributed by atoms with Crippen LogP contribution in [-0.4, -0.2) is 19.6 Å². The molecule has 0 N–H and O–H groups in total. The van der Waals surface area contributed by atoms with Crippen molar-refractivity contribution in [1.82, 2.24) is 0 Å². The van der Waals surface area contributed by atoms with Gasteiger partial charge in [0.1, 0.15) is 0 Å². The van der Waals surface area contributed by atoms with Crippen LogP contribution in [0.25, 0.3) is 0 Å². The molecule has 0 aromatic carbocycles. The zero-order valence-corrected chi connectivity index (χ0v) is 6.12. The summed E-state index contributed by atoms with van der Waals surface area (Å²) in [5, 5.41) is 0. The van der Waals surface area contributed by atoms with Crippen LogP contribution in [0.5, 0.6) is 0 Å². The average molecular weight is 158 g/mol. The lowest BCUT2D eigenvalue weighted by molar-refractivity contribution is -0.158. The monoisotopic (exact) mass is 158 g/mol. The number of esters is 1. The van der Waals surface area contributed by atoms with E-state index in [0.29, 0.717) is 0 Å². The minimum absolute atomic E-state index is 0.0217. The fraction of sp³-hybridized carbons (Fsp3) is 0.286. The number of carbonyl (C=O) groups is 1. The molecule has 0 spiro atoms. The van der Waals surface area contributed by atoms with E-state index in [1.54, 1.807) is 0 Å². The summed E-state index contributed by atoms with van der Waals surface area (Å²) in [6.45, 7) is 6.36. The third-order valence-electron chi connectivity index (χ3n) is 0.720. The van der Waals surface area contributed by atoms with Crippen LogP contribution in [0.15, 0.2) is 25.5 Å². The molecule has 62 valence electrons. The molecule has 0 saturated heterocycles. The highest BCUT2D eigenvalue weighted by atomic mass is 16.7. The Kier molecular flexibility index (Phi) is 6.02. The maximum Gasteiger partial charge on any atom is 0.332 e. The van der Waals surface area contributed by atoms with E-state index in [1.165, 1.54) is 6.26 Å². The highest BCUT2D eigenvalue weighted by molar-refractivity contribution is 5.81. The number of hydrogen-bond donors (Lipinski definition) is 0. The van der Waals surface area contributed by atoms with Gasteiger partial charge in [-0.3, -0.25) is 0 Å². The first-order chi connectivity index (χ1) is 5.31. The Morgan fingerprint density at radius 2 is 2.09 bits per heavy atom. The standard InChI is InChI=1S/C7H10O4/c1-3-7(8)11-6-10-5-9-4-2/h3-4H,1-2,5-6H2. The van der Waals surface area contributed by atoms with Gasteiger partial charge in [0.15, 0.2) is 13.6 Å². The molecule has 0 rings (SSSR count). The molecule has 4 nitrogen and oxygen atoms in total. The van der Waals surface area contributed by atoms with E-state index in [1.807, 2.05) is 0 Å². The van der Waals surface area contributed by atoms with Crippen molar-refractivity contribution >= 4 is 5.97 Å². The predicted octanol–water partition coefficient (Wildman–Crippen LogP) is 0.807. The third kappa shape index (κ3) is 6.60. The van der Waals surface area contributed by atoms with Crippen LogP contribution in [0.2, 0.25) is 0 Å². The molecule has 0 bridgehead atoms. The van der Waals surface area contributed by atoms with Crippen molar-refractivity contribution in [3.05, 3.63) is 25.5 Å². The molecule has 0 unspecified atom stereocenters. The van der Waals surface area contributed by atoms with Gasteiger partial charge in [0.05, 0.1) is 6.26 Å². The molecule has 0 aliphatic carbocycles. The molecule has 0 radical (unpaired) electrons. The number of ether oxygens (including phenoxy) is 3. The summed E-state index contributed by atoms with van der Waals surface area (Å²) < 4.78 is 13.7. The second-order valence-electron chi connectivity index (χ2n) is 1.44. The van der Waals surface area contributed by atoms with Crippen molar-refractivity contribution in [2.45, 2.75) is 0 Å². The van der Waals surface area contributed by atoms with E-state index in [2.05, 4.69) is 27.4 Å². The van der Waals surface area contributed by atoms with Gasteiger partial charge in [0.2, 0.25) is 0 Å². The Bertz CT molecular complexity index is 141. The van der Waals surface area contributed by atoms with Crippen molar-refractivity contribution in [3.63, 3.8) is 0 Å². The van der Waals surface area contributed by atoms with Crippen LogP contribution in [0.1, 0.15) is 0 Å². The topological polar surface area (TPSA) is 44.8 Å².